The van der Waals surface area contributed by atoms with E-state index in [1.165, 1.54) is 49.3 Å². The molecule has 0 bridgehead atoms. The van der Waals surface area contributed by atoms with Gasteiger partial charge in [0.2, 0.25) is 11.8 Å². The number of anilines is 1. The summed E-state index contributed by atoms with van der Waals surface area (Å²) in [7, 11) is -3.28. The first-order valence-corrected chi connectivity index (χ1v) is 16.2. The maximum absolute atomic E-state index is 14.3. The third-order valence-electron chi connectivity index (χ3n) is 7.16. The molecule has 11 nitrogen and oxygen atoms in total. The van der Waals surface area contributed by atoms with E-state index in [1.54, 1.807) is 6.92 Å². The zero-order valence-corrected chi connectivity index (χ0v) is 27.8. The van der Waals surface area contributed by atoms with Crippen molar-refractivity contribution < 1.29 is 27.7 Å². The Hall–Kier alpha value is -4.16. The number of hydrogen-bond acceptors (Lipinski definition) is 7. The fourth-order valence-corrected chi connectivity index (χ4v) is 6.40. The van der Waals surface area contributed by atoms with Crippen molar-refractivity contribution in [3.05, 3.63) is 92.5 Å². The minimum Gasteiger partial charge on any atom is -0.495 e. The predicted octanol–water partition coefficient (Wildman–Crippen LogP) is 5.65. The Morgan fingerprint density at radius 2 is 1.78 bits per heavy atom. The Morgan fingerprint density at radius 3 is 2.38 bits per heavy atom. The number of aryl methyl sites for hydroxylation is 2. The highest BCUT2D eigenvalue weighted by molar-refractivity contribution is 7.92. The number of carbonyl (C=O) groups excluding carboxylic acids is 2. The molecule has 242 valence electrons. The second kappa shape index (κ2) is 15.2. The van der Waals surface area contributed by atoms with Crippen molar-refractivity contribution in [3.63, 3.8) is 0 Å². The average Bonchev–Trinajstić information content (AvgIpc) is 2.98. The largest absolute Gasteiger partial charge is 0.495 e. The number of nitrogens with one attached hydrogen (secondary N) is 1. The normalized spacial score (nSPS) is 12.0. The minimum atomic E-state index is -4.62. The third kappa shape index (κ3) is 8.73. The first kappa shape index (κ1) is 35.3. The maximum atomic E-state index is 14.3. The summed E-state index contributed by atoms with van der Waals surface area (Å²) in [6, 6.07) is 14.4. The summed E-state index contributed by atoms with van der Waals surface area (Å²) in [5, 5.41) is 14.7. The average molecular weight is 659 g/mol. The molecule has 0 aromatic heterocycles. The smallest absolute Gasteiger partial charge is 0.273 e. The molecule has 0 spiro atoms. The Morgan fingerprint density at radius 1 is 1.07 bits per heavy atom. The Balaban J connectivity index is 2.18. The van der Waals surface area contributed by atoms with Gasteiger partial charge in [-0.2, -0.15) is 0 Å². The topological polar surface area (TPSA) is 139 Å². The van der Waals surface area contributed by atoms with E-state index in [9.17, 15) is 28.1 Å². The van der Waals surface area contributed by atoms with Crippen LogP contribution in [-0.2, 0) is 26.2 Å². The van der Waals surface area contributed by atoms with Gasteiger partial charge in [0, 0.05) is 29.7 Å². The monoisotopic (exact) mass is 658 g/mol. The minimum absolute atomic E-state index is 0.0324. The molecule has 0 saturated heterocycles. The van der Waals surface area contributed by atoms with Gasteiger partial charge in [0.15, 0.2) is 0 Å². The Kier molecular flexibility index (Phi) is 11.9. The third-order valence-corrected chi connectivity index (χ3v) is 9.15. The summed E-state index contributed by atoms with van der Waals surface area (Å²) in [5.74, 6) is -0.766. The highest BCUT2D eigenvalue weighted by atomic mass is 35.5. The van der Waals surface area contributed by atoms with Gasteiger partial charge in [-0.25, -0.2) is 8.42 Å². The summed E-state index contributed by atoms with van der Waals surface area (Å²) < 4.78 is 34.8. The number of benzene rings is 3. The number of nitrogens with zero attached hydrogens (tertiary/aromatic N) is 3. The van der Waals surface area contributed by atoms with Crippen LogP contribution in [0.1, 0.15) is 43.9 Å². The Labute approximate surface area is 269 Å². The van der Waals surface area contributed by atoms with E-state index < -0.39 is 44.0 Å². The van der Waals surface area contributed by atoms with Crippen LogP contribution in [0, 0.1) is 29.9 Å². The molecule has 3 aromatic carbocycles. The number of ether oxygens (including phenoxy) is 1. The van der Waals surface area contributed by atoms with Crippen LogP contribution < -0.4 is 14.4 Å². The second-order valence-corrected chi connectivity index (χ2v) is 13.4. The van der Waals surface area contributed by atoms with Crippen molar-refractivity contribution in [1.29, 1.82) is 0 Å². The van der Waals surface area contributed by atoms with Crippen molar-refractivity contribution >= 4 is 44.8 Å². The van der Waals surface area contributed by atoms with Gasteiger partial charge >= 0.3 is 0 Å². The number of nitro groups is 1. The van der Waals surface area contributed by atoms with E-state index in [-0.39, 0.29) is 46.8 Å². The first-order chi connectivity index (χ1) is 21.2. The van der Waals surface area contributed by atoms with E-state index in [2.05, 4.69) is 5.32 Å². The molecular weight excluding hydrogens is 620 g/mol. The van der Waals surface area contributed by atoms with Crippen LogP contribution in [0.2, 0.25) is 5.02 Å². The van der Waals surface area contributed by atoms with Crippen LogP contribution in [0.4, 0.5) is 11.4 Å². The zero-order chi connectivity index (χ0) is 33.5. The van der Waals surface area contributed by atoms with Crippen molar-refractivity contribution in [3.8, 4) is 5.75 Å². The SMILES string of the molecule is CC[C@H](C(=O)NCC(C)C)N(Cc1cccc(C)c1)C(=O)CN(c1cc(Cl)ccc1OC)S(=O)(=O)c1ccc(C)c([N+](=O)[O-])c1. The van der Waals surface area contributed by atoms with Crippen molar-refractivity contribution in [2.75, 3.05) is 24.5 Å². The number of methoxy groups -OCH3 is 1. The molecule has 45 heavy (non-hydrogen) atoms. The second-order valence-electron chi connectivity index (χ2n) is 11.1. The van der Waals surface area contributed by atoms with Crippen LogP contribution in [0.15, 0.2) is 65.6 Å². The molecule has 0 aliphatic heterocycles. The van der Waals surface area contributed by atoms with Crippen molar-refractivity contribution in [2.24, 2.45) is 5.92 Å². The standard InChI is InChI=1S/C32H39ClN4O7S/c1-7-27(32(39)34-18-21(2)3)35(19-24-10-8-9-22(4)15-24)31(38)20-36(29-16-25(33)12-14-30(29)44-6)45(42,43)26-13-11-23(5)28(17-26)37(40)41/h8-17,21,27H,7,18-20H2,1-6H3,(H,34,39)/t27-/m1/s1. The molecule has 13 heteroatoms. The number of nitro benzene ring substituents is 1. The molecule has 0 heterocycles. The van der Waals surface area contributed by atoms with E-state index in [4.69, 9.17) is 16.3 Å². The molecule has 0 saturated carbocycles. The van der Waals surface area contributed by atoms with Gasteiger partial charge in [-0.3, -0.25) is 24.0 Å². The van der Waals surface area contributed by atoms with E-state index in [0.29, 0.717) is 6.54 Å². The van der Waals surface area contributed by atoms with Gasteiger partial charge in [0.25, 0.3) is 15.7 Å². The van der Waals surface area contributed by atoms with Crippen molar-refractivity contribution in [1.82, 2.24) is 10.2 Å². The lowest BCUT2D eigenvalue weighted by atomic mass is 10.1. The van der Waals surface area contributed by atoms with E-state index in [0.717, 1.165) is 21.5 Å². The quantitative estimate of drug-likeness (QED) is 0.174. The number of amides is 2. The predicted molar refractivity (Wildman–Crippen MR) is 174 cm³/mol. The van der Waals surface area contributed by atoms with Gasteiger partial charge < -0.3 is 15.0 Å². The molecule has 3 rings (SSSR count). The van der Waals surface area contributed by atoms with Crippen LogP contribution in [0.25, 0.3) is 0 Å². The lowest BCUT2D eigenvalue weighted by molar-refractivity contribution is -0.385. The molecule has 1 N–H and O–H groups in total. The molecule has 0 radical (unpaired) electrons. The summed E-state index contributed by atoms with van der Waals surface area (Å²) in [5.41, 5.74) is 1.53. The summed E-state index contributed by atoms with van der Waals surface area (Å²) in [6.45, 7) is 8.76. The van der Waals surface area contributed by atoms with Gasteiger partial charge in [0.1, 0.15) is 18.3 Å². The summed E-state index contributed by atoms with van der Waals surface area (Å²) in [4.78, 5) is 39.7. The highest BCUT2D eigenvalue weighted by Gasteiger charge is 2.35. The molecule has 3 aromatic rings. The molecule has 0 fully saturated rings. The molecule has 0 aliphatic carbocycles. The van der Waals surface area contributed by atoms with Crippen LogP contribution >= 0.6 is 11.6 Å². The van der Waals surface area contributed by atoms with Crippen molar-refractivity contribution in [2.45, 2.75) is 58.5 Å². The summed E-state index contributed by atoms with van der Waals surface area (Å²) >= 11 is 6.28. The molecule has 0 aliphatic rings. The Bertz CT molecular complexity index is 1660. The lowest BCUT2D eigenvalue weighted by Crippen LogP contribution is -2.52. The number of halogens is 1. The first-order valence-electron chi connectivity index (χ1n) is 14.4. The molecular formula is C32H39ClN4O7S. The van der Waals surface area contributed by atoms with Crippen LogP contribution in [0.5, 0.6) is 5.75 Å². The maximum Gasteiger partial charge on any atom is 0.273 e. The number of sulfonamides is 1. The fourth-order valence-electron chi connectivity index (χ4n) is 4.79. The van der Waals surface area contributed by atoms with Crippen LogP contribution in [0.3, 0.4) is 0 Å². The fraction of sp³-hybridized carbons (Fsp3) is 0.375. The lowest BCUT2D eigenvalue weighted by Gasteiger charge is -2.33. The number of rotatable bonds is 14. The van der Waals surface area contributed by atoms with E-state index >= 15 is 0 Å². The zero-order valence-electron chi connectivity index (χ0n) is 26.2. The van der Waals surface area contributed by atoms with E-state index in [1.807, 2.05) is 45.0 Å². The molecule has 0 unspecified atom stereocenters. The van der Waals surface area contributed by atoms with Crippen LogP contribution in [-0.4, -0.2) is 56.3 Å². The summed E-state index contributed by atoms with van der Waals surface area (Å²) in [6.07, 6.45) is 0.263. The van der Waals surface area contributed by atoms with Gasteiger partial charge in [0.05, 0.1) is 22.6 Å². The molecule has 1 atom stereocenters. The van der Waals surface area contributed by atoms with Gasteiger partial charge in [-0.05, 0) is 56.0 Å². The number of carbonyl (C=O) groups is 2. The highest BCUT2D eigenvalue weighted by Crippen LogP contribution is 2.36. The van der Waals surface area contributed by atoms with Gasteiger partial charge in [-0.15, -0.1) is 0 Å². The molecule has 2 amide bonds. The number of hydrogen-bond donors (Lipinski definition) is 1. The van der Waals surface area contributed by atoms with Gasteiger partial charge in [-0.1, -0.05) is 68.3 Å².